The predicted molar refractivity (Wildman–Crippen MR) is 437 cm³/mol. The van der Waals surface area contributed by atoms with Gasteiger partial charge in [0, 0.05) is 92.4 Å². The lowest BCUT2D eigenvalue weighted by Crippen LogP contribution is -2.35. The monoisotopic (exact) mass is 1510 g/mol. The van der Waals surface area contributed by atoms with Crippen molar-refractivity contribution in [3.05, 3.63) is 190 Å². The van der Waals surface area contributed by atoms with Gasteiger partial charge in [0.2, 0.25) is 0 Å². The Balaban J connectivity index is 0.969. The first-order valence-corrected chi connectivity index (χ1v) is 41.9. The van der Waals surface area contributed by atoms with Gasteiger partial charge in [0.15, 0.2) is 0 Å². The van der Waals surface area contributed by atoms with E-state index >= 15 is 0 Å². The lowest BCUT2D eigenvalue weighted by atomic mass is 9.75. The van der Waals surface area contributed by atoms with Crippen LogP contribution in [0.25, 0.3) is 44.1 Å². The number of carbonyl (C=O) groups excluding carboxylic acids is 1. The van der Waals surface area contributed by atoms with Crippen molar-refractivity contribution in [1.82, 2.24) is 39.9 Å². The normalized spacial score (nSPS) is 18.7. The Bertz CT molecular complexity index is 5620. The van der Waals surface area contributed by atoms with Crippen LogP contribution in [0.1, 0.15) is 275 Å². The molecule has 0 unspecified atom stereocenters. The summed E-state index contributed by atoms with van der Waals surface area (Å²) in [4.78, 5) is 57.3. The summed E-state index contributed by atoms with van der Waals surface area (Å²) in [6, 6.07) is 46.4. The van der Waals surface area contributed by atoms with Gasteiger partial charge < -0.3 is 42.6 Å². The summed E-state index contributed by atoms with van der Waals surface area (Å²) < 4.78 is 67.0. The summed E-state index contributed by atoms with van der Waals surface area (Å²) >= 11 is 0. The standard InChI is InChI=1S/C95H98N8O10/c1-8-12-16-20-30-58-62-46-64-59(31-21-17-13-9-2)66-48-68-61(33-23-19-15-11-4)69-49-67-60(32-22-18-14-10-3)65-47-63(58)80-51-82(65)108-91-92(101-75-39-29-28-38-74(75)100-91)110-84(67)53-86(69)112-94-93(102-76-43-41-56(45-77(76)103-94)95(104)113-78-44-55(7)40-42-57(78)54(5)6)111-85(68)52-83(66)109-90-89(98-72-36-26-27-37-73(72)99-90)107-81(64)50-79(62)105-87-88(106-80)97-71-35-25-24-34-70(71)96-87/h24-29,34-39,41,43,45-55,57-61,78H,8-23,30-33,40,42,44H2,1-7H3/t55-,57+,58-,59+,60-,61+,78-/m1/s1. The Morgan fingerprint density at radius 2 is 0.602 bits per heavy atom. The maximum atomic E-state index is 14.7. The molecule has 0 spiro atoms. The number of benzene rings is 8. The number of hydrogen-bond donors (Lipinski definition) is 0. The second-order valence-corrected chi connectivity index (χ2v) is 32.4. The number of carbonyl (C=O) groups is 1. The van der Waals surface area contributed by atoms with Gasteiger partial charge in [0.25, 0.3) is 47.0 Å². The van der Waals surface area contributed by atoms with Gasteiger partial charge in [-0.15, -0.1) is 0 Å². The summed E-state index contributed by atoms with van der Waals surface area (Å²) in [5.74, 6) is 4.31. The molecule has 18 heteroatoms. The quantitative estimate of drug-likeness (QED) is 0.0431. The first kappa shape index (κ1) is 73.5. The molecule has 0 amide bonds. The largest absolute Gasteiger partial charge is 0.458 e. The lowest BCUT2D eigenvalue weighted by molar-refractivity contribution is -0.0174. The lowest BCUT2D eigenvalue weighted by Gasteiger charge is -2.36. The Kier molecular flexibility index (Phi) is 20.7. The number of aromatic nitrogens is 8. The minimum absolute atomic E-state index is 0.0735. The molecule has 8 heterocycles. The summed E-state index contributed by atoms with van der Waals surface area (Å²) in [7, 11) is 0. The number of rotatable bonds is 23. The molecule has 6 aliphatic rings. The fourth-order valence-electron chi connectivity index (χ4n) is 18.2. The Labute approximate surface area is 660 Å². The number of esters is 1. The first-order chi connectivity index (χ1) is 55.4. The molecule has 12 aromatic rings. The fraction of sp³-hybridized carbons (Fsp3) is 0.400. The molecule has 0 saturated heterocycles. The molecule has 18 nitrogen and oxygen atoms in total. The molecule has 0 N–H and O–H groups in total. The van der Waals surface area contributed by atoms with Crippen LogP contribution >= 0.6 is 0 Å². The van der Waals surface area contributed by atoms with Crippen molar-refractivity contribution < 1.29 is 47.4 Å². The number of fused-ring (bicyclic) bond motifs is 8. The van der Waals surface area contributed by atoms with E-state index in [1.165, 1.54) is 0 Å². The zero-order chi connectivity index (χ0) is 76.8. The molecule has 8 aromatic carbocycles. The smallest absolute Gasteiger partial charge is 0.338 e. The average Bonchev–Trinajstić information content (AvgIpc) is 1.64. The van der Waals surface area contributed by atoms with Crippen LogP contribution in [0.2, 0.25) is 0 Å². The topological polar surface area (TPSA) is 203 Å². The highest BCUT2D eigenvalue weighted by molar-refractivity contribution is 5.94. The van der Waals surface area contributed by atoms with Crippen LogP contribution in [0.15, 0.2) is 140 Å². The molecule has 1 fully saturated rings. The Morgan fingerprint density at radius 1 is 0.336 bits per heavy atom. The molecule has 0 radical (unpaired) electrons. The van der Waals surface area contributed by atoms with Crippen LogP contribution in [-0.4, -0.2) is 51.9 Å². The van der Waals surface area contributed by atoms with Crippen LogP contribution in [-0.2, 0) is 4.74 Å². The molecule has 4 aromatic heterocycles. The molecule has 2 aliphatic carbocycles. The fourth-order valence-corrected chi connectivity index (χ4v) is 18.2. The minimum Gasteiger partial charge on any atom is -0.458 e. The SMILES string of the molecule is CCCCCC[C@H]1c2cc3c4cc2Oc2nc5ccccc5nc2Oc2cc5c(cc21)[C@H](CCCCCC)c1cc2c(cc1Oc1nc6ccccc6nc1O5)Oc1nc5ccc(C(=O)O[C@@H]6C[C@H](C)CC[C@H]6C(C)C)cc5nc1Oc1cc(c(cc1[C@H]2CCCCCC)[C@@H]3CCCCCC)Oc1nc2ccccc2nc1O4. The molecule has 18 rings (SSSR count). The third-order valence-corrected chi connectivity index (χ3v) is 24.2. The average molecular weight is 1510 g/mol. The molecule has 1 saturated carbocycles. The number of nitrogens with zero attached hydrogens (tertiary/aromatic N) is 8. The first-order valence-electron chi connectivity index (χ1n) is 41.9. The highest BCUT2D eigenvalue weighted by Crippen LogP contribution is 2.60. The van der Waals surface area contributed by atoms with Gasteiger partial charge in [-0.25, -0.2) is 44.7 Å². The van der Waals surface area contributed by atoms with Crippen molar-refractivity contribution in [2.75, 3.05) is 0 Å². The van der Waals surface area contributed by atoms with E-state index in [4.69, 9.17) is 82.5 Å². The Hall–Kier alpha value is -11.0. The van der Waals surface area contributed by atoms with E-state index in [-0.39, 0.29) is 65.0 Å². The molecular weight excluding hydrogens is 1410 g/mol. The van der Waals surface area contributed by atoms with Crippen molar-refractivity contribution in [2.24, 2.45) is 17.8 Å². The van der Waals surface area contributed by atoms with E-state index < -0.39 is 23.7 Å². The number of ether oxygens (including phenoxy) is 9. The van der Waals surface area contributed by atoms with E-state index in [0.717, 1.165) is 167 Å². The number of unbranched alkanes of at least 4 members (excludes halogenated alkanes) is 12. The minimum atomic E-state index is -0.420. The van der Waals surface area contributed by atoms with Crippen LogP contribution in [0.5, 0.6) is 93.0 Å². The predicted octanol–water partition coefficient (Wildman–Crippen LogP) is 26.4. The maximum Gasteiger partial charge on any atom is 0.338 e. The van der Waals surface area contributed by atoms with Crippen LogP contribution in [0, 0.1) is 17.8 Å². The second kappa shape index (κ2) is 31.9. The van der Waals surface area contributed by atoms with E-state index in [0.29, 0.717) is 133 Å². The van der Waals surface area contributed by atoms with Crippen molar-refractivity contribution in [3.63, 3.8) is 0 Å². The van der Waals surface area contributed by atoms with E-state index in [2.05, 4.69) is 84.9 Å². The summed E-state index contributed by atoms with van der Waals surface area (Å²) in [6.45, 7) is 15.7. The Morgan fingerprint density at radius 3 is 0.867 bits per heavy atom. The van der Waals surface area contributed by atoms with Crippen LogP contribution in [0.4, 0.5) is 0 Å². The molecule has 7 atom stereocenters. The zero-order valence-electron chi connectivity index (χ0n) is 65.8. The van der Waals surface area contributed by atoms with E-state index in [1.54, 1.807) is 12.1 Å². The van der Waals surface area contributed by atoms with E-state index in [9.17, 15) is 4.79 Å². The second-order valence-electron chi connectivity index (χ2n) is 32.4. The summed E-state index contributed by atoms with van der Waals surface area (Å²) in [6.07, 6.45) is 21.4. The van der Waals surface area contributed by atoms with Gasteiger partial charge in [0.1, 0.15) is 52.1 Å². The molecule has 8 bridgehead atoms. The molecule has 113 heavy (non-hydrogen) atoms. The molecule has 578 valence electrons. The van der Waals surface area contributed by atoms with Gasteiger partial charge in [-0.05, 0) is 135 Å². The van der Waals surface area contributed by atoms with Gasteiger partial charge in [-0.2, -0.15) is 0 Å². The molecule has 4 aliphatic heterocycles. The van der Waals surface area contributed by atoms with Crippen molar-refractivity contribution in [3.8, 4) is 93.0 Å². The van der Waals surface area contributed by atoms with Crippen molar-refractivity contribution >= 4 is 50.1 Å². The van der Waals surface area contributed by atoms with Gasteiger partial charge in [0.05, 0.1) is 49.7 Å². The highest BCUT2D eigenvalue weighted by Gasteiger charge is 2.41. The van der Waals surface area contributed by atoms with Crippen LogP contribution in [0.3, 0.4) is 0 Å². The third kappa shape index (κ3) is 14.6. The number of hydrogen-bond acceptors (Lipinski definition) is 18. The third-order valence-electron chi connectivity index (χ3n) is 24.2. The molecular formula is C95H98N8O10. The zero-order valence-corrected chi connectivity index (χ0v) is 65.8. The van der Waals surface area contributed by atoms with Gasteiger partial charge in [-0.3, -0.25) is 0 Å². The van der Waals surface area contributed by atoms with Gasteiger partial charge >= 0.3 is 5.97 Å². The van der Waals surface area contributed by atoms with E-state index in [1.807, 2.05) is 91.0 Å². The summed E-state index contributed by atoms with van der Waals surface area (Å²) in [5, 5.41) is 0. The van der Waals surface area contributed by atoms with Gasteiger partial charge in [-0.1, -0.05) is 194 Å². The maximum absolute atomic E-state index is 14.7. The number of para-hydroxylation sites is 6. The van der Waals surface area contributed by atoms with Crippen molar-refractivity contribution in [1.29, 1.82) is 0 Å². The van der Waals surface area contributed by atoms with Crippen LogP contribution < -0.4 is 37.9 Å². The van der Waals surface area contributed by atoms with Crippen molar-refractivity contribution in [2.45, 2.75) is 226 Å². The summed E-state index contributed by atoms with van der Waals surface area (Å²) in [5.41, 5.74) is 12.3. The highest BCUT2D eigenvalue weighted by atomic mass is 16.6.